The number of aromatic nitrogens is 2. The van der Waals surface area contributed by atoms with Gasteiger partial charge in [-0.05, 0) is 55.8 Å². The Morgan fingerprint density at radius 2 is 2.10 bits per heavy atom. The van der Waals surface area contributed by atoms with Crippen LogP contribution in [-0.4, -0.2) is 15.1 Å². The Kier molecular flexibility index (Phi) is 5.70. The molecule has 0 aliphatic carbocycles. The summed E-state index contributed by atoms with van der Waals surface area (Å²) in [5.41, 5.74) is 4.27. The van der Waals surface area contributed by atoms with Crippen LogP contribution in [0.1, 0.15) is 31.4 Å². The van der Waals surface area contributed by atoms with Gasteiger partial charge in [0.2, 0.25) is 5.89 Å². The molecule has 4 rings (SSSR count). The van der Waals surface area contributed by atoms with Gasteiger partial charge in [0.15, 0.2) is 23.2 Å². The Bertz CT molecular complexity index is 1230. The molecule has 0 aliphatic rings. The Labute approximate surface area is 178 Å². The van der Waals surface area contributed by atoms with Gasteiger partial charge in [-0.2, -0.15) is 4.98 Å². The minimum Gasteiger partial charge on any atom is -0.465 e. The van der Waals surface area contributed by atoms with Crippen LogP contribution in [0.2, 0.25) is 5.02 Å². The van der Waals surface area contributed by atoms with Crippen molar-refractivity contribution in [1.29, 1.82) is 0 Å². The molecule has 0 aliphatic heterocycles. The van der Waals surface area contributed by atoms with E-state index in [0.717, 1.165) is 11.1 Å². The third kappa shape index (κ3) is 4.01. The third-order valence-corrected chi connectivity index (χ3v) is 4.88. The molecule has 0 amide bonds. The molecule has 3 heterocycles. The van der Waals surface area contributed by atoms with Crippen molar-refractivity contribution < 1.29 is 13.9 Å². The van der Waals surface area contributed by atoms with Gasteiger partial charge in [-0.1, -0.05) is 29.8 Å². The number of nitrogens with zero attached hydrogens (tertiary/aromatic N) is 2. The van der Waals surface area contributed by atoms with Crippen LogP contribution in [0.3, 0.4) is 0 Å². The van der Waals surface area contributed by atoms with E-state index in [-0.39, 0.29) is 0 Å². The normalized spacial score (nSPS) is 13.3. The lowest BCUT2D eigenvalue weighted by Gasteiger charge is -2.12. The number of allylic oxidation sites excluding steroid dienone is 4. The quantitative estimate of drug-likeness (QED) is 0.284. The summed E-state index contributed by atoms with van der Waals surface area (Å²) in [4.78, 5) is 8.90. The van der Waals surface area contributed by atoms with Crippen LogP contribution in [0.4, 0.5) is 5.69 Å². The molecule has 0 saturated carbocycles. The predicted octanol–water partition coefficient (Wildman–Crippen LogP) is 6.22. The number of benzene rings is 1. The maximum absolute atomic E-state index is 10.3. The first kappa shape index (κ1) is 19.9. The molecule has 1 atom stereocenters. The second kappa shape index (κ2) is 8.57. The molecule has 4 aromatic rings. The van der Waals surface area contributed by atoms with Gasteiger partial charge in [-0.25, -0.2) is 4.98 Å². The van der Waals surface area contributed by atoms with Crippen molar-refractivity contribution in [2.45, 2.75) is 20.1 Å². The number of hydrogen-bond acceptors (Lipinski definition) is 6. The predicted molar refractivity (Wildman–Crippen MR) is 118 cm³/mol. The van der Waals surface area contributed by atoms with Crippen LogP contribution >= 0.6 is 11.6 Å². The molecule has 0 fully saturated rings. The SMILES string of the molecule is CC=CC(=CC)c1cnc2nc(-c3cc(NC(O)c4ccco4)ccc3Cl)oc2c1. The molecule has 30 heavy (non-hydrogen) atoms. The van der Waals surface area contributed by atoms with E-state index in [1.807, 2.05) is 38.1 Å². The van der Waals surface area contributed by atoms with Crippen LogP contribution in [0.15, 0.2) is 75.9 Å². The summed E-state index contributed by atoms with van der Waals surface area (Å²) < 4.78 is 11.2. The van der Waals surface area contributed by atoms with Crippen molar-refractivity contribution in [3.63, 3.8) is 0 Å². The van der Waals surface area contributed by atoms with Gasteiger partial charge < -0.3 is 19.3 Å². The average Bonchev–Trinajstić information content (AvgIpc) is 3.42. The van der Waals surface area contributed by atoms with Gasteiger partial charge in [0.25, 0.3) is 0 Å². The smallest absolute Gasteiger partial charge is 0.230 e. The van der Waals surface area contributed by atoms with E-state index in [0.29, 0.717) is 39.2 Å². The molecular formula is C23H20ClN3O3. The minimum absolute atomic E-state index is 0.351. The number of fused-ring (bicyclic) bond motifs is 1. The first-order valence-electron chi connectivity index (χ1n) is 9.43. The number of aliphatic hydroxyl groups is 1. The lowest BCUT2D eigenvalue weighted by molar-refractivity contribution is 0.178. The molecule has 0 spiro atoms. The van der Waals surface area contributed by atoms with Crippen molar-refractivity contribution in [2.24, 2.45) is 0 Å². The largest absolute Gasteiger partial charge is 0.465 e. The number of furan rings is 1. The maximum Gasteiger partial charge on any atom is 0.230 e. The van der Waals surface area contributed by atoms with Gasteiger partial charge in [0.05, 0.1) is 16.8 Å². The molecule has 0 bridgehead atoms. The molecule has 6 nitrogen and oxygen atoms in total. The third-order valence-electron chi connectivity index (χ3n) is 4.55. The van der Waals surface area contributed by atoms with E-state index < -0.39 is 6.23 Å². The van der Waals surface area contributed by atoms with E-state index in [1.54, 1.807) is 36.5 Å². The molecule has 1 aromatic carbocycles. The van der Waals surface area contributed by atoms with E-state index in [4.69, 9.17) is 20.4 Å². The zero-order chi connectivity index (χ0) is 21.1. The fourth-order valence-electron chi connectivity index (χ4n) is 3.09. The number of aliphatic hydroxyl groups excluding tert-OH is 1. The van der Waals surface area contributed by atoms with Crippen LogP contribution in [0.5, 0.6) is 0 Å². The highest BCUT2D eigenvalue weighted by atomic mass is 35.5. The second-order valence-electron chi connectivity index (χ2n) is 6.57. The highest BCUT2D eigenvalue weighted by molar-refractivity contribution is 6.33. The van der Waals surface area contributed by atoms with Gasteiger partial charge in [0, 0.05) is 17.4 Å². The molecule has 0 radical (unpaired) electrons. The van der Waals surface area contributed by atoms with Gasteiger partial charge in [0.1, 0.15) is 0 Å². The molecule has 1 unspecified atom stereocenters. The highest BCUT2D eigenvalue weighted by Gasteiger charge is 2.16. The molecule has 152 valence electrons. The number of oxazole rings is 1. The summed E-state index contributed by atoms with van der Waals surface area (Å²) >= 11 is 6.39. The van der Waals surface area contributed by atoms with Gasteiger partial charge in [-0.15, -0.1) is 0 Å². The standard InChI is InChI=1S/C23H20ClN3O3/c1-3-6-14(4-2)15-11-20-21(25-13-15)27-23(30-20)17-12-16(8-9-18(17)24)26-22(28)19-7-5-10-29-19/h3-13,22,26,28H,1-2H3. The summed E-state index contributed by atoms with van der Waals surface area (Å²) in [6.07, 6.45) is 8.27. The monoisotopic (exact) mass is 421 g/mol. The zero-order valence-electron chi connectivity index (χ0n) is 16.5. The van der Waals surface area contributed by atoms with Crippen LogP contribution < -0.4 is 5.32 Å². The summed E-state index contributed by atoms with van der Waals surface area (Å²) in [5, 5.41) is 13.7. The number of nitrogens with one attached hydrogen (secondary N) is 1. The first-order valence-corrected chi connectivity index (χ1v) is 9.80. The van der Waals surface area contributed by atoms with Crippen LogP contribution in [0, 0.1) is 0 Å². The molecule has 3 aromatic heterocycles. The number of halogens is 1. The topological polar surface area (TPSA) is 84.3 Å². The van der Waals surface area contributed by atoms with Crippen molar-refractivity contribution >= 4 is 34.1 Å². The van der Waals surface area contributed by atoms with Gasteiger partial charge >= 0.3 is 0 Å². The van der Waals surface area contributed by atoms with Crippen molar-refractivity contribution in [3.8, 4) is 11.5 Å². The summed E-state index contributed by atoms with van der Waals surface area (Å²) in [6.45, 7) is 3.94. The van der Waals surface area contributed by atoms with E-state index in [2.05, 4.69) is 15.3 Å². The Balaban J connectivity index is 1.67. The Morgan fingerprint density at radius 1 is 1.23 bits per heavy atom. The number of hydrogen-bond donors (Lipinski definition) is 2. The molecule has 2 N–H and O–H groups in total. The van der Waals surface area contributed by atoms with E-state index >= 15 is 0 Å². The van der Waals surface area contributed by atoms with Crippen LogP contribution in [0.25, 0.3) is 28.3 Å². The molecule has 0 saturated heterocycles. The fraction of sp³-hybridized carbons (Fsp3) is 0.130. The maximum atomic E-state index is 10.3. The summed E-state index contributed by atoms with van der Waals surface area (Å²) in [5.74, 6) is 0.759. The fourth-order valence-corrected chi connectivity index (χ4v) is 3.28. The second-order valence-corrected chi connectivity index (χ2v) is 6.97. The van der Waals surface area contributed by atoms with Crippen molar-refractivity contribution in [2.75, 3.05) is 5.32 Å². The molecule has 7 heteroatoms. The van der Waals surface area contributed by atoms with Crippen molar-refractivity contribution in [1.82, 2.24) is 9.97 Å². The summed E-state index contributed by atoms with van der Waals surface area (Å²) in [6, 6.07) is 10.5. The van der Waals surface area contributed by atoms with Gasteiger partial charge in [-0.3, -0.25) is 0 Å². The number of pyridine rings is 1. The number of anilines is 1. The molecular weight excluding hydrogens is 402 g/mol. The lowest BCUT2D eigenvalue weighted by Crippen LogP contribution is -2.08. The van der Waals surface area contributed by atoms with Crippen LogP contribution in [-0.2, 0) is 0 Å². The van der Waals surface area contributed by atoms with E-state index in [1.165, 1.54) is 6.26 Å². The number of rotatable bonds is 6. The van der Waals surface area contributed by atoms with Crippen molar-refractivity contribution in [3.05, 3.63) is 83.4 Å². The van der Waals surface area contributed by atoms with E-state index in [9.17, 15) is 5.11 Å². The highest BCUT2D eigenvalue weighted by Crippen LogP contribution is 2.33. The summed E-state index contributed by atoms with van der Waals surface area (Å²) in [7, 11) is 0. The average molecular weight is 422 g/mol. The minimum atomic E-state index is -0.993. The lowest BCUT2D eigenvalue weighted by atomic mass is 10.1. The Morgan fingerprint density at radius 3 is 2.83 bits per heavy atom. The Hall–Kier alpha value is -3.35. The first-order chi connectivity index (χ1) is 14.6. The zero-order valence-corrected chi connectivity index (χ0v) is 17.2.